The number of rotatable bonds is 6. The van der Waals surface area contributed by atoms with Crippen molar-refractivity contribution in [1.82, 2.24) is 0 Å². The van der Waals surface area contributed by atoms with Crippen LogP contribution in [0.4, 0.5) is 0 Å². The number of nitro groups is 1. The first kappa shape index (κ1) is 18.3. The van der Waals surface area contributed by atoms with Crippen molar-refractivity contribution in [1.29, 1.82) is 0 Å². The van der Waals surface area contributed by atoms with Gasteiger partial charge in [0.1, 0.15) is 0 Å². The van der Waals surface area contributed by atoms with E-state index in [0.717, 1.165) is 5.57 Å². The molecule has 0 spiro atoms. The van der Waals surface area contributed by atoms with Crippen LogP contribution >= 0.6 is 0 Å². The normalized spacial score (nSPS) is 19.9. The molecule has 0 heterocycles. The van der Waals surface area contributed by atoms with Gasteiger partial charge in [0.15, 0.2) is 5.78 Å². The lowest BCUT2D eigenvalue weighted by Gasteiger charge is -2.11. The molecule has 0 aliphatic heterocycles. The van der Waals surface area contributed by atoms with E-state index in [9.17, 15) is 14.9 Å². The molecule has 0 aromatic carbocycles. The lowest BCUT2D eigenvalue weighted by atomic mass is 10.0. The van der Waals surface area contributed by atoms with E-state index in [-0.39, 0.29) is 17.1 Å². The van der Waals surface area contributed by atoms with Gasteiger partial charge in [0.25, 0.3) is 0 Å². The zero-order valence-electron chi connectivity index (χ0n) is 13.5. The van der Waals surface area contributed by atoms with Crippen LogP contribution in [0.25, 0.3) is 0 Å². The van der Waals surface area contributed by atoms with Crippen molar-refractivity contribution >= 4 is 11.5 Å². The average molecular weight is 315 g/mol. The molecular formula is C17H21N3O3. The van der Waals surface area contributed by atoms with Crippen LogP contribution in [0.5, 0.6) is 0 Å². The topological polar surface area (TPSA) is 98.6 Å². The van der Waals surface area contributed by atoms with Gasteiger partial charge < -0.3 is 5.73 Å². The molecule has 0 bridgehead atoms. The van der Waals surface area contributed by atoms with Gasteiger partial charge >= 0.3 is 0 Å². The zero-order chi connectivity index (χ0) is 17.4. The third kappa shape index (κ3) is 5.86. The summed E-state index contributed by atoms with van der Waals surface area (Å²) in [6, 6.07) is -0.752. The zero-order valence-corrected chi connectivity index (χ0v) is 13.5. The van der Waals surface area contributed by atoms with Gasteiger partial charge in [-0.15, -0.1) is 0 Å². The van der Waals surface area contributed by atoms with E-state index in [1.54, 1.807) is 50.3 Å². The molecule has 2 N–H and O–H groups in total. The number of Topliss-reactive ketones (excluding diaryl/α,β-unsaturated/α-hetero) is 1. The highest BCUT2D eigenvalue weighted by molar-refractivity contribution is 6.04. The number of hydrogen-bond acceptors (Lipinski definition) is 5. The Labute approximate surface area is 135 Å². The molecule has 6 heteroatoms. The predicted molar refractivity (Wildman–Crippen MR) is 91.6 cm³/mol. The summed E-state index contributed by atoms with van der Waals surface area (Å²) in [5.74, 6) is -0.0336. The molecule has 1 unspecified atom stereocenters. The fraction of sp³-hybridized carbons (Fsp3) is 0.294. The summed E-state index contributed by atoms with van der Waals surface area (Å²) in [5, 5.41) is 10.9. The molecule has 1 aliphatic carbocycles. The summed E-state index contributed by atoms with van der Waals surface area (Å²) in [4.78, 5) is 26.4. The Morgan fingerprint density at radius 2 is 2.13 bits per heavy atom. The van der Waals surface area contributed by atoms with E-state index in [1.165, 1.54) is 13.1 Å². The second-order valence-corrected chi connectivity index (χ2v) is 5.19. The maximum absolute atomic E-state index is 11.4. The fourth-order valence-corrected chi connectivity index (χ4v) is 1.92. The Bertz CT molecular complexity index is 665. The van der Waals surface area contributed by atoms with Crippen LogP contribution in [-0.2, 0) is 4.79 Å². The quantitative estimate of drug-likeness (QED) is 0.268. The molecule has 1 rings (SSSR count). The number of nitrogens with two attached hydrogens (primary N) is 1. The molecule has 0 saturated carbocycles. The molecule has 0 fully saturated rings. The molecule has 0 amide bonds. The van der Waals surface area contributed by atoms with E-state index in [4.69, 9.17) is 5.73 Å². The predicted octanol–water partition coefficient (Wildman–Crippen LogP) is 2.87. The van der Waals surface area contributed by atoms with Crippen LogP contribution in [0.3, 0.4) is 0 Å². The van der Waals surface area contributed by atoms with Crippen molar-refractivity contribution in [3.05, 3.63) is 69.6 Å². The van der Waals surface area contributed by atoms with Crippen molar-refractivity contribution in [2.24, 2.45) is 10.7 Å². The lowest BCUT2D eigenvalue weighted by molar-refractivity contribution is -0.508. The molecule has 0 aromatic heterocycles. The van der Waals surface area contributed by atoms with E-state index in [2.05, 4.69) is 4.99 Å². The molecule has 0 radical (unpaired) electrons. The first-order valence-electron chi connectivity index (χ1n) is 7.19. The standard InChI is InChI=1S/C17H21N3O3/c1-12(14(3)21)10-15(6-5-9-18)13(2)19-16-7-4-8-17(11-16)20(22)23/h4-10,17H,11,18H2,1-3H3/b9-5?,12-10-,15-6?,19-13?. The second kappa shape index (κ2) is 8.63. The molecule has 1 aliphatic rings. The number of carbonyl (C=O) groups is 1. The van der Waals surface area contributed by atoms with Crippen LogP contribution in [-0.4, -0.2) is 22.5 Å². The summed E-state index contributed by atoms with van der Waals surface area (Å²) in [6.45, 7) is 5.01. The van der Waals surface area contributed by atoms with E-state index >= 15 is 0 Å². The Balaban J connectivity index is 3.10. The van der Waals surface area contributed by atoms with Gasteiger partial charge in [-0.3, -0.25) is 19.9 Å². The van der Waals surface area contributed by atoms with Crippen molar-refractivity contribution < 1.29 is 9.72 Å². The van der Waals surface area contributed by atoms with Crippen LogP contribution in [0.2, 0.25) is 0 Å². The molecule has 6 nitrogen and oxygen atoms in total. The Kier molecular flexibility index (Phi) is 6.86. The smallest absolute Gasteiger partial charge is 0.237 e. The number of nitrogens with zero attached hydrogens (tertiary/aromatic N) is 2. The molecule has 0 aromatic rings. The van der Waals surface area contributed by atoms with Gasteiger partial charge in [-0.25, -0.2) is 0 Å². The molecular weight excluding hydrogens is 294 g/mol. The maximum Gasteiger partial charge on any atom is 0.237 e. The first-order valence-corrected chi connectivity index (χ1v) is 7.19. The number of hydrogen-bond donors (Lipinski definition) is 1. The summed E-state index contributed by atoms with van der Waals surface area (Å²) in [5.41, 5.74) is 7.97. The molecule has 122 valence electrons. The van der Waals surface area contributed by atoms with Gasteiger partial charge in [0.05, 0.1) is 6.42 Å². The average Bonchev–Trinajstić information content (AvgIpc) is 2.51. The van der Waals surface area contributed by atoms with Crippen molar-refractivity contribution in [3.8, 4) is 0 Å². The van der Waals surface area contributed by atoms with Crippen molar-refractivity contribution in [3.63, 3.8) is 0 Å². The SMILES string of the molecule is CC(=O)/C(C)=C\C(=CC=CN)C(C)=NC1=CC=CC([N+](=O)[O-])C1. The minimum absolute atomic E-state index is 0.0336. The number of aliphatic imine (C=N–C) groups is 1. The number of carbonyl (C=O) groups excluding carboxylic acids is 1. The van der Waals surface area contributed by atoms with Crippen LogP contribution < -0.4 is 5.73 Å². The lowest BCUT2D eigenvalue weighted by Crippen LogP contribution is -2.18. The van der Waals surface area contributed by atoms with Gasteiger partial charge in [0, 0.05) is 16.3 Å². The minimum Gasteiger partial charge on any atom is -0.405 e. The number of allylic oxidation sites excluding steroid dienone is 7. The maximum atomic E-state index is 11.4. The van der Waals surface area contributed by atoms with Crippen LogP contribution in [0.1, 0.15) is 27.2 Å². The van der Waals surface area contributed by atoms with Gasteiger partial charge in [-0.2, -0.15) is 0 Å². The summed E-state index contributed by atoms with van der Waals surface area (Å²) >= 11 is 0. The minimum atomic E-state index is -0.752. The highest BCUT2D eigenvalue weighted by atomic mass is 16.6. The van der Waals surface area contributed by atoms with Crippen LogP contribution in [0.15, 0.2) is 64.5 Å². The summed E-state index contributed by atoms with van der Waals surface area (Å²) in [7, 11) is 0. The summed E-state index contributed by atoms with van der Waals surface area (Å²) < 4.78 is 0. The monoisotopic (exact) mass is 315 g/mol. The van der Waals surface area contributed by atoms with E-state index in [0.29, 0.717) is 17.0 Å². The Morgan fingerprint density at radius 3 is 2.70 bits per heavy atom. The highest BCUT2D eigenvalue weighted by Gasteiger charge is 2.20. The van der Waals surface area contributed by atoms with Crippen molar-refractivity contribution in [2.75, 3.05) is 0 Å². The number of ketones is 1. The third-order valence-electron chi connectivity index (χ3n) is 3.35. The van der Waals surface area contributed by atoms with Gasteiger partial charge in [-0.1, -0.05) is 12.2 Å². The molecule has 23 heavy (non-hydrogen) atoms. The Hall–Kier alpha value is -2.76. The fourth-order valence-electron chi connectivity index (χ4n) is 1.92. The molecule has 1 atom stereocenters. The van der Waals surface area contributed by atoms with Crippen molar-refractivity contribution in [2.45, 2.75) is 33.2 Å². The first-order chi connectivity index (χ1) is 10.8. The second-order valence-electron chi connectivity index (χ2n) is 5.19. The van der Waals surface area contributed by atoms with Gasteiger partial charge in [0.2, 0.25) is 6.04 Å². The van der Waals surface area contributed by atoms with E-state index in [1.807, 2.05) is 0 Å². The Morgan fingerprint density at radius 1 is 1.43 bits per heavy atom. The largest absolute Gasteiger partial charge is 0.405 e. The highest BCUT2D eigenvalue weighted by Crippen LogP contribution is 2.18. The van der Waals surface area contributed by atoms with Gasteiger partial charge in [-0.05, 0) is 62.4 Å². The van der Waals surface area contributed by atoms with Crippen LogP contribution in [0, 0.1) is 10.1 Å². The third-order valence-corrected chi connectivity index (χ3v) is 3.35. The molecule has 0 saturated heterocycles. The summed E-state index contributed by atoms with van der Waals surface area (Å²) in [6.07, 6.45) is 11.7. The van der Waals surface area contributed by atoms with E-state index < -0.39 is 6.04 Å².